The number of nitrogens with one attached hydrogen (secondary N) is 2. The van der Waals surface area contributed by atoms with E-state index in [2.05, 4.69) is 17.0 Å². The zero-order valence-corrected chi connectivity index (χ0v) is 16.4. The lowest BCUT2D eigenvalue weighted by Crippen LogP contribution is -2.30. The molecule has 0 radical (unpaired) electrons. The first kappa shape index (κ1) is 21.1. The molecule has 0 bridgehead atoms. The topological polar surface area (TPSA) is 75.3 Å². The van der Waals surface area contributed by atoms with Gasteiger partial charge >= 0.3 is 0 Å². The van der Waals surface area contributed by atoms with Crippen molar-refractivity contribution in [1.82, 2.24) is 4.72 Å². The van der Waals surface area contributed by atoms with Gasteiger partial charge in [-0.1, -0.05) is 37.6 Å². The van der Waals surface area contributed by atoms with Crippen molar-refractivity contribution in [1.29, 1.82) is 0 Å². The van der Waals surface area contributed by atoms with Crippen molar-refractivity contribution in [3.8, 4) is 0 Å². The number of amides is 1. The van der Waals surface area contributed by atoms with E-state index in [1.807, 2.05) is 24.3 Å². The molecular weight excluding hydrogens is 367 g/mol. The minimum absolute atomic E-state index is 0.101. The van der Waals surface area contributed by atoms with Gasteiger partial charge in [-0.05, 0) is 48.2 Å². The van der Waals surface area contributed by atoms with Crippen LogP contribution in [-0.2, 0) is 21.2 Å². The van der Waals surface area contributed by atoms with Crippen molar-refractivity contribution in [2.75, 3.05) is 11.6 Å². The SMILES string of the molecule is CCCCc1ccc(NC(=O)CC(NS(C)(=O)=O)c2ccc(F)cc2)cc1. The molecule has 0 spiro atoms. The van der Waals surface area contributed by atoms with Crippen LogP contribution < -0.4 is 10.0 Å². The summed E-state index contributed by atoms with van der Waals surface area (Å²) in [6.45, 7) is 2.14. The first-order valence-electron chi connectivity index (χ1n) is 8.88. The Morgan fingerprint density at radius 1 is 1.07 bits per heavy atom. The molecule has 0 saturated heterocycles. The second-order valence-electron chi connectivity index (χ2n) is 6.55. The average Bonchev–Trinajstić information content (AvgIpc) is 2.60. The van der Waals surface area contributed by atoms with E-state index in [0.29, 0.717) is 11.3 Å². The van der Waals surface area contributed by atoms with E-state index >= 15 is 0 Å². The van der Waals surface area contributed by atoms with Crippen LogP contribution in [0.25, 0.3) is 0 Å². The van der Waals surface area contributed by atoms with Crippen LogP contribution in [-0.4, -0.2) is 20.6 Å². The van der Waals surface area contributed by atoms with Crippen LogP contribution in [0.5, 0.6) is 0 Å². The highest BCUT2D eigenvalue weighted by molar-refractivity contribution is 7.88. The lowest BCUT2D eigenvalue weighted by atomic mass is 10.0. The number of aryl methyl sites for hydroxylation is 1. The summed E-state index contributed by atoms with van der Waals surface area (Å²) in [6, 6.07) is 12.2. The monoisotopic (exact) mass is 392 g/mol. The van der Waals surface area contributed by atoms with Crippen molar-refractivity contribution >= 4 is 21.6 Å². The van der Waals surface area contributed by atoms with Crippen LogP contribution in [0.15, 0.2) is 48.5 Å². The number of halogens is 1. The number of unbranched alkanes of at least 4 members (excludes halogenated alkanes) is 1. The molecule has 0 heterocycles. The van der Waals surface area contributed by atoms with Crippen molar-refractivity contribution in [2.24, 2.45) is 0 Å². The van der Waals surface area contributed by atoms with Gasteiger partial charge in [0.25, 0.3) is 0 Å². The second-order valence-corrected chi connectivity index (χ2v) is 8.33. The molecule has 1 atom stereocenters. The molecule has 2 rings (SSSR count). The van der Waals surface area contributed by atoms with Crippen molar-refractivity contribution in [3.05, 3.63) is 65.5 Å². The normalized spacial score (nSPS) is 12.6. The van der Waals surface area contributed by atoms with Gasteiger partial charge in [0.15, 0.2) is 0 Å². The highest BCUT2D eigenvalue weighted by Gasteiger charge is 2.20. The third-order valence-corrected chi connectivity index (χ3v) is 4.79. The number of benzene rings is 2. The number of anilines is 1. The summed E-state index contributed by atoms with van der Waals surface area (Å²) in [5.74, 6) is -0.758. The highest BCUT2D eigenvalue weighted by Crippen LogP contribution is 2.20. The Balaban J connectivity index is 2.05. The van der Waals surface area contributed by atoms with Crippen LogP contribution in [0.4, 0.5) is 10.1 Å². The standard InChI is InChI=1S/C20H25FN2O3S/c1-3-4-5-15-6-12-18(13-7-15)22-20(24)14-19(23-27(2,25)26)16-8-10-17(21)11-9-16/h6-13,19,23H,3-5,14H2,1-2H3,(H,22,24). The summed E-state index contributed by atoms with van der Waals surface area (Å²) < 4.78 is 38.8. The molecule has 0 aliphatic rings. The predicted octanol–water partition coefficient (Wildman–Crippen LogP) is 3.79. The molecule has 0 aliphatic carbocycles. The van der Waals surface area contributed by atoms with Gasteiger partial charge in [-0.25, -0.2) is 17.5 Å². The van der Waals surface area contributed by atoms with E-state index in [1.165, 1.54) is 29.8 Å². The molecule has 0 saturated carbocycles. The second kappa shape index (κ2) is 9.62. The average molecular weight is 392 g/mol. The quantitative estimate of drug-likeness (QED) is 0.682. The molecule has 2 aromatic rings. The van der Waals surface area contributed by atoms with Gasteiger partial charge in [0, 0.05) is 12.1 Å². The van der Waals surface area contributed by atoms with Gasteiger partial charge in [-0.15, -0.1) is 0 Å². The van der Waals surface area contributed by atoms with E-state index in [0.717, 1.165) is 25.5 Å². The fourth-order valence-electron chi connectivity index (χ4n) is 2.71. The summed E-state index contributed by atoms with van der Waals surface area (Å²) in [4.78, 5) is 12.4. The number of hydrogen-bond donors (Lipinski definition) is 2. The number of rotatable bonds is 9. The van der Waals surface area contributed by atoms with Crippen LogP contribution in [0.1, 0.15) is 43.4 Å². The molecule has 0 fully saturated rings. The van der Waals surface area contributed by atoms with Crippen LogP contribution in [0.2, 0.25) is 0 Å². The molecule has 146 valence electrons. The van der Waals surface area contributed by atoms with E-state index < -0.39 is 21.9 Å². The number of sulfonamides is 1. The molecule has 27 heavy (non-hydrogen) atoms. The van der Waals surface area contributed by atoms with Gasteiger partial charge in [0.1, 0.15) is 5.82 Å². The Hall–Kier alpha value is -2.25. The molecule has 5 nitrogen and oxygen atoms in total. The predicted molar refractivity (Wildman–Crippen MR) is 105 cm³/mol. The van der Waals surface area contributed by atoms with Gasteiger partial charge in [0.2, 0.25) is 15.9 Å². The lowest BCUT2D eigenvalue weighted by Gasteiger charge is -2.18. The Morgan fingerprint density at radius 2 is 1.70 bits per heavy atom. The maximum atomic E-state index is 13.1. The molecular formula is C20H25FN2O3S. The Labute approximate surface area is 160 Å². The third kappa shape index (κ3) is 7.48. The maximum Gasteiger partial charge on any atom is 0.226 e. The summed E-state index contributed by atoms with van der Waals surface area (Å²) in [7, 11) is -3.54. The van der Waals surface area contributed by atoms with Crippen LogP contribution >= 0.6 is 0 Å². The minimum atomic E-state index is -3.54. The minimum Gasteiger partial charge on any atom is -0.326 e. The van der Waals surface area contributed by atoms with E-state index in [9.17, 15) is 17.6 Å². The molecule has 0 aromatic heterocycles. The molecule has 7 heteroatoms. The number of carbonyl (C=O) groups is 1. The van der Waals surface area contributed by atoms with Crippen molar-refractivity contribution in [3.63, 3.8) is 0 Å². The molecule has 1 amide bonds. The third-order valence-electron chi connectivity index (χ3n) is 4.07. The smallest absolute Gasteiger partial charge is 0.226 e. The molecule has 1 unspecified atom stereocenters. The fourth-order valence-corrected chi connectivity index (χ4v) is 3.45. The Morgan fingerprint density at radius 3 is 2.26 bits per heavy atom. The summed E-state index contributed by atoms with van der Waals surface area (Å²) >= 11 is 0. The van der Waals surface area contributed by atoms with E-state index in [4.69, 9.17) is 0 Å². The van der Waals surface area contributed by atoms with Gasteiger partial charge in [0.05, 0.1) is 12.3 Å². The molecule has 2 aromatic carbocycles. The number of carbonyl (C=O) groups excluding carboxylic acids is 1. The van der Waals surface area contributed by atoms with Gasteiger partial charge in [-0.2, -0.15) is 0 Å². The molecule has 2 N–H and O–H groups in total. The number of hydrogen-bond acceptors (Lipinski definition) is 3. The van der Waals surface area contributed by atoms with Crippen LogP contribution in [0, 0.1) is 5.82 Å². The van der Waals surface area contributed by atoms with Crippen molar-refractivity contribution in [2.45, 2.75) is 38.6 Å². The fraction of sp³-hybridized carbons (Fsp3) is 0.350. The van der Waals surface area contributed by atoms with Gasteiger partial charge < -0.3 is 5.32 Å². The summed E-state index contributed by atoms with van der Waals surface area (Å²) in [6.07, 6.45) is 4.15. The zero-order valence-electron chi connectivity index (χ0n) is 15.5. The maximum absolute atomic E-state index is 13.1. The van der Waals surface area contributed by atoms with Crippen molar-refractivity contribution < 1.29 is 17.6 Å². The Bertz CT molecular complexity index is 850. The summed E-state index contributed by atoms with van der Waals surface area (Å²) in [5.41, 5.74) is 2.38. The first-order valence-corrected chi connectivity index (χ1v) is 10.8. The lowest BCUT2D eigenvalue weighted by molar-refractivity contribution is -0.116. The Kier molecular flexibility index (Phi) is 7.50. The van der Waals surface area contributed by atoms with E-state index in [1.54, 1.807) is 0 Å². The zero-order chi connectivity index (χ0) is 19.9. The van der Waals surface area contributed by atoms with Crippen LogP contribution in [0.3, 0.4) is 0 Å². The first-order chi connectivity index (χ1) is 12.8. The highest BCUT2D eigenvalue weighted by atomic mass is 32.2. The van der Waals surface area contributed by atoms with Gasteiger partial charge in [-0.3, -0.25) is 4.79 Å². The molecule has 0 aliphatic heterocycles. The largest absolute Gasteiger partial charge is 0.326 e. The van der Waals surface area contributed by atoms with E-state index in [-0.39, 0.29) is 12.3 Å². The summed E-state index contributed by atoms with van der Waals surface area (Å²) in [5, 5.41) is 2.77.